The topological polar surface area (TPSA) is 75.4 Å². The van der Waals surface area contributed by atoms with Crippen molar-refractivity contribution in [3.63, 3.8) is 0 Å². The minimum atomic E-state index is -0.374. The number of nitrogens with zero attached hydrogens (tertiary/aromatic N) is 1. The van der Waals surface area contributed by atoms with E-state index in [2.05, 4.69) is 10.2 Å². The highest BCUT2D eigenvalue weighted by atomic mass is 19.1. The largest absolute Gasteiger partial charge is 0.335 e. The molecule has 0 spiro atoms. The number of nitrogens with two attached hydrogens (primary N) is 1. The standard InChI is InChI=1S/C24H28FN3O2/c25-19-7-5-17(6-8-19)23(29)27-21-11-1-16(2-12-21)15-28(24(30)18-3-4-18)22-13-9-20(26)10-14-22/h1-2,5-8,11-12,18,20,22H,3-4,9-10,13-15,26H2,(H,27,29). The third-order valence-corrected chi connectivity index (χ3v) is 6.06. The predicted molar refractivity (Wildman–Crippen MR) is 114 cm³/mol. The molecule has 2 amide bonds. The summed E-state index contributed by atoms with van der Waals surface area (Å²) in [5.74, 6) is -0.202. The van der Waals surface area contributed by atoms with Gasteiger partial charge in [0.2, 0.25) is 5.91 Å². The van der Waals surface area contributed by atoms with Gasteiger partial charge in [0.15, 0.2) is 0 Å². The van der Waals surface area contributed by atoms with Crippen LogP contribution in [-0.4, -0.2) is 28.8 Å². The minimum absolute atomic E-state index is 0.190. The van der Waals surface area contributed by atoms with Gasteiger partial charge in [0, 0.05) is 35.8 Å². The first-order valence-electron chi connectivity index (χ1n) is 10.7. The quantitative estimate of drug-likeness (QED) is 0.755. The molecule has 4 rings (SSSR count). The summed E-state index contributed by atoms with van der Waals surface area (Å²) in [6.45, 7) is 0.585. The highest BCUT2D eigenvalue weighted by molar-refractivity contribution is 6.04. The van der Waals surface area contributed by atoms with Crippen LogP contribution in [0, 0.1) is 11.7 Å². The van der Waals surface area contributed by atoms with Crippen LogP contribution in [0.15, 0.2) is 48.5 Å². The summed E-state index contributed by atoms with van der Waals surface area (Å²) in [6.07, 6.45) is 5.85. The summed E-state index contributed by atoms with van der Waals surface area (Å²) in [6, 6.07) is 13.5. The molecule has 0 atom stereocenters. The van der Waals surface area contributed by atoms with Crippen LogP contribution in [0.3, 0.4) is 0 Å². The molecule has 5 nitrogen and oxygen atoms in total. The number of carbonyl (C=O) groups excluding carboxylic acids is 2. The van der Waals surface area contributed by atoms with Crippen LogP contribution in [-0.2, 0) is 11.3 Å². The Morgan fingerprint density at radius 2 is 1.57 bits per heavy atom. The summed E-state index contributed by atoms with van der Waals surface area (Å²) in [5.41, 5.74) is 8.15. The molecular formula is C24H28FN3O2. The summed E-state index contributed by atoms with van der Waals surface area (Å²) in [5, 5.41) is 2.82. The number of carbonyl (C=O) groups is 2. The number of anilines is 1. The van der Waals surface area contributed by atoms with Crippen molar-refractivity contribution in [2.24, 2.45) is 11.7 Å². The highest BCUT2D eigenvalue weighted by Crippen LogP contribution is 2.34. The van der Waals surface area contributed by atoms with Gasteiger partial charge in [0.1, 0.15) is 5.82 Å². The van der Waals surface area contributed by atoms with E-state index in [-0.39, 0.29) is 35.6 Å². The Morgan fingerprint density at radius 1 is 0.933 bits per heavy atom. The summed E-state index contributed by atoms with van der Waals surface area (Å²) >= 11 is 0. The fraction of sp³-hybridized carbons (Fsp3) is 0.417. The number of hydrogen-bond acceptors (Lipinski definition) is 3. The van der Waals surface area contributed by atoms with Crippen molar-refractivity contribution in [1.82, 2.24) is 4.90 Å². The van der Waals surface area contributed by atoms with Gasteiger partial charge in [-0.05, 0) is 80.5 Å². The van der Waals surface area contributed by atoms with E-state index in [1.165, 1.54) is 24.3 Å². The van der Waals surface area contributed by atoms with E-state index in [0.29, 0.717) is 17.8 Å². The van der Waals surface area contributed by atoms with E-state index in [0.717, 1.165) is 44.1 Å². The van der Waals surface area contributed by atoms with Gasteiger partial charge in [0.05, 0.1) is 0 Å². The van der Waals surface area contributed by atoms with Crippen LogP contribution < -0.4 is 11.1 Å². The lowest BCUT2D eigenvalue weighted by atomic mass is 9.90. The molecular weight excluding hydrogens is 381 g/mol. The molecule has 0 unspecified atom stereocenters. The second kappa shape index (κ2) is 8.96. The first-order chi connectivity index (χ1) is 14.5. The fourth-order valence-electron chi connectivity index (χ4n) is 4.06. The molecule has 0 aliphatic heterocycles. The van der Waals surface area contributed by atoms with E-state index >= 15 is 0 Å². The highest BCUT2D eigenvalue weighted by Gasteiger charge is 2.37. The van der Waals surface area contributed by atoms with Gasteiger partial charge in [-0.25, -0.2) is 4.39 Å². The Morgan fingerprint density at radius 3 is 2.17 bits per heavy atom. The average Bonchev–Trinajstić information content (AvgIpc) is 3.59. The molecule has 2 aromatic rings. The number of nitrogens with one attached hydrogen (secondary N) is 1. The molecule has 3 N–H and O–H groups in total. The van der Waals surface area contributed by atoms with Gasteiger partial charge >= 0.3 is 0 Å². The van der Waals surface area contributed by atoms with Crippen LogP contribution in [0.2, 0.25) is 0 Å². The summed E-state index contributed by atoms with van der Waals surface area (Å²) in [4.78, 5) is 27.2. The van der Waals surface area contributed by atoms with E-state index in [9.17, 15) is 14.0 Å². The van der Waals surface area contributed by atoms with E-state index < -0.39 is 0 Å². The predicted octanol–water partition coefficient (Wildman–Crippen LogP) is 4.09. The van der Waals surface area contributed by atoms with Crippen LogP contribution in [0.1, 0.15) is 54.4 Å². The normalized spacial score (nSPS) is 21.1. The van der Waals surface area contributed by atoms with Crippen molar-refractivity contribution in [2.45, 2.75) is 57.2 Å². The number of amides is 2. The Hall–Kier alpha value is -2.73. The van der Waals surface area contributed by atoms with Crippen molar-refractivity contribution >= 4 is 17.5 Å². The molecule has 2 saturated carbocycles. The smallest absolute Gasteiger partial charge is 0.255 e. The molecule has 2 fully saturated rings. The summed E-state index contributed by atoms with van der Waals surface area (Å²) in [7, 11) is 0. The summed E-state index contributed by atoms with van der Waals surface area (Å²) < 4.78 is 13.0. The van der Waals surface area contributed by atoms with Crippen LogP contribution in [0.25, 0.3) is 0 Å². The second-order valence-corrected chi connectivity index (χ2v) is 8.47. The Balaban J connectivity index is 1.40. The van der Waals surface area contributed by atoms with Gasteiger partial charge < -0.3 is 16.0 Å². The van der Waals surface area contributed by atoms with Gasteiger partial charge in [-0.3, -0.25) is 9.59 Å². The second-order valence-electron chi connectivity index (χ2n) is 8.47. The number of rotatable bonds is 6. The average molecular weight is 410 g/mol. The zero-order chi connectivity index (χ0) is 21.1. The lowest BCUT2D eigenvalue weighted by Gasteiger charge is -2.36. The van der Waals surface area contributed by atoms with Gasteiger partial charge in [-0.1, -0.05) is 12.1 Å². The first kappa shape index (κ1) is 20.5. The molecule has 0 radical (unpaired) electrons. The van der Waals surface area contributed by atoms with Gasteiger partial charge in [-0.2, -0.15) is 0 Å². The van der Waals surface area contributed by atoms with E-state index in [1.54, 1.807) is 0 Å². The number of benzene rings is 2. The van der Waals surface area contributed by atoms with Crippen molar-refractivity contribution in [3.8, 4) is 0 Å². The van der Waals surface area contributed by atoms with Gasteiger partial charge in [0.25, 0.3) is 5.91 Å². The zero-order valence-electron chi connectivity index (χ0n) is 17.0. The molecule has 0 bridgehead atoms. The maximum Gasteiger partial charge on any atom is 0.255 e. The first-order valence-corrected chi connectivity index (χ1v) is 10.7. The molecule has 0 saturated heterocycles. The van der Waals surface area contributed by atoms with Crippen LogP contribution in [0.5, 0.6) is 0 Å². The molecule has 2 aliphatic rings. The molecule has 0 aromatic heterocycles. The Bertz CT molecular complexity index is 886. The van der Waals surface area contributed by atoms with E-state index in [1.807, 2.05) is 24.3 Å². The number of halogens is 1. The van der Waals surface area contributed by atoms with Crippen molar-refractivity contribution in [1.29, 1.82) is 0 Å². The van der Waals surface area contributed by atoms with E-state index in [4.69, 9.17) is 5.73 Å². The molecule has 2 aromatic carbocycles. The van der Waals surface area contributed by atoms with Gasteiger partial charge in [-0.15, -0.1) is 0 Å². The fourth-order valence-corrected chi connectivity index (χ4v) is 4.06. The maximum atomic E-state index is 13.0. The lowest BCUT2D eigenvalue weighted by Crippen LogP contribution is -2.44. The lowest BCUT2D eigenvalue weighted by molar-refractivity contribution is -0.136. The van der Waals surface area contributed by atoms with Crippen molar-refractivity contribution < 1.29 is 14.0 Å². The molecule has 0 heterocycles. The number of hydrogen-bond donors (Lipinski definition) is 2. The Labute approximate surface area is 176 Å². The van der Waals surface area contributed by atoms with Crippen LogP contribution in [0.4, 0.5) is 10.1 Å². The van der Waals surface area contributed by atoms with Crippen molar-refractivity contribution in [3.05, 3.63) is 65.5 Å². The monoisotopic (exact) mass is 409 g/mol. The third kappa shape index (κ3) is 5.05. The van der Waals surface area contributed by atoms with Crippen LogP contribution >= 0.6 is 0 Å². The van der Waals surface area contributed by atoms with Crippen molar-refractivity contribution in [2.75, 3.05) is 5.32 Å². The SMILES string of the molecule is NC1CCC(N(Cc2ccc(NC(=O)c3ccc(F)cc3)cc2)C(=O)C2CC2)CC1. The molecule has 30 heavy (non-hydrogen) atoms. The minimum Gasteiger partial charge on any atom is -0.335 e. The molecule has 6 heteroatoms. The zero-order valence-corrected chi connectivity index (χ0v) is 17.0. The Kier molecular flexibility index (Phi) is 6.13. The molecule has 158 valence electrons. The third-order valence-electron chi connectivity index (χ3n) is 6.06. The maximum absolute atomic E-state index is 13.0. The molecule has 2 aliphatic carbocycles.